The molecule has 1 heterocycles. The van der Waals surface area contributed by atoms with Crippen molar-refractivity contribution < 1.29 is 23.9 Å². The lowest BCUT2D eigenvalue weighted by Gasteiger charge is -2.29. The Morgan fingerprint density at radius 2 is 1.76 bits per heavy atom. The van der Waals surface area contributed by atoms with Gasteiger partial charge in [-0.05, 0) is 30.7 Å². The minimum atomic E-state index is -1.68. The third-order valence-corrected chi connectivity index (χ3v) is 5.53. The van der Waals surface area contributed by atoms with E-state index < -0.39 is 41.3 Å². The molecule has 0 radical (unpaired) electrons. The maximum Gasteiger partial charge on any atom is 0.330 e. The Balaban J connectivity index is 1.99. The monoisotopic (exact) mass is 485 g/mol. The smallest absolute Gasteiger partial charge is 0.330 e. The summed E-state index contributed by atoms with van der Waals surface area (Å²) in [6.45, 7) is 6.82. The summed E-state index contributed by atoms with van der Waals surface area (Å²) in [7, 11) is 0. The number of anilines is 1. The molecule has 0 saturated carbocycles. The molecule has 1 fully saturated rings. The van der Waals surface area contributed by atoms with Gasteiger partial charge in [-0.3, -0.25) is 19.3 Å². The van der Waals surface area contributed by atoms with Crippen molar-refractivity contribution in [3.8, 4) is 0 Å². The first-order valence-electron chi connectivity index (χ1n) is 10.9. The van der Waals surface area contributed by atoms with Crippen molar-refractivity contribution in [2.24, 2.45) is 5.41 Å². The van der Waals surface area contributed by atoms with Gasteiger partial charge < -0.3 is 10.1 Å². The van der Waals surface area contributed by atoms with E-state index in [0.29, 0.717) is 10.7 Å². The molecule has 4 amide bonds. The van der Waals surface area contributed by atoms with Crippen LogP contribution in [0.4, 0.5) is 10.5 Å². The minimum Gasteiger partial charge on any atom is -0.350 e. The van der Waals surface area contributed by atoms with Gasteiger partial charge in [0.25, 0.3) is 11.8 Å². The van der Waals surface area contributed by atoms with Crippen LogP contribution in [0.1, 0.15) is 33.3 Å². The number of nitrogens with zero attached hydrogens (tertiary/aromatic N) is 2. The number of hydrogen-bond donors (Lipinski definition) is 1. The second-order valence-corrected chi connectivity index (χ2v) is 9.36. The molecule has 2 atom stereocenters. The summed E-state index contributed by atoms with van der Waals surface area (Å²) in [5.41, 5.74) is 0.105. The van der Waals surface area contributed by atoms with E-state index in [-0.39, 0.29) is 13.2 Å². The number of carbonyl (C=O) groups excluding carboxylic acids is 4. The van der Waals surface area contributed by atoms with Crippen LogP contribution in [0.5, 0.6) is 0 Å². The number of hydrogen-bond acceptors (Lipinski definition) is 5. The number of ketones is 1. The van der Waals surface area contributed by atoms with Crippen molar-refractivity contribution in [1.29, 1.82) is 0 Å². The van der Waals surface area contributed by atoms with Crippen molar-refractivity contribution in [3.05, 3.63) is 65.2 Å². The minimum absolute atomic E-state index is 0.0823. The fourth-order valence-corrected chi connectivity index (χ4v) is 3.80. The first-order chi connectivity index (χ1) is 16.0. The van der Waals surface area contributed by atoms with E-state index in [1.54, 1.807) is 45.9 Å². The molecule has 3 rings (SSSR count). The first kappa shape index (κ1) is 25.4. The van der Waals surface area contributed by atoms with Crippen LogP contribution in [-0.4, -0.2) is 52.3 Å². The van der Waals surface area contributed by atoms with Gasteiger partial charge in [-0.15, -0.1) is 0 Å². The Kier molecular flexibility index (Phi) is 7.74. The number of imide groups is 1. The quantitative estimate of drug-likeness (QED) is 0.448. The number of nitrogens with one attached hydrogen (secondary N) is 1. The van der Waals surface area contributed by atoms with Crippen molar-refractivity contribution in [3.63, 3.8) is 0 Å². The third kappa shape index (κ3) is 5.46. The highest BCUT2D eigenvalue weighted by atomic mass is 35.5. The maximum atomic E-state index is 13.5. The molecule has 2 aromatic rings. The van der Waals surface area contributed by atoms with Gasteiger partial charge in [-0.1, -0.05) is 68.8 Å². The number of amides is 4. The Morgan fingerprint density at radius 1 is 1.09 bits per heavy atom. The number of halogens is 1. The topological polar surface area (TPSA) is 96.0 Å². The lowest BCUT2D eigenvalue weighted by molar-refractivity contribution is -0.149. The molecule has 0 bridgehead atoms. The number of urea groups is 1. The van der Waals surface area contributed by atoms with E-state index in [1.165, 1.54) is 11.0 Å². The van der Waals surface area contributed by atoms with Crippen LogP contribution in [0, 0.1) is 5.41 Å². The summed E-state index contributed by atoms with van der Waals surface area (Å²) in [4.78, 5) is 55.5. The lowest BCUT2D eigenvalue weighted by Crippen LogP contribution is -2.55. The van der Waals surface area contributed by atoms with Crippen molar-refractivity contribution >= 4 is 40.9 Å². The second-order valence-electron chi connectivity index (χ2n) is 8.93. The molecule has 1 N–H and O–H groups in total. The Bertz CT molecular complexity index is 1080. The number of ether oxygens (including phenoxy) is 1. The summed E-state index contributed by atoms with van der Waals surface area (Å²) >= 11 is 6.01. The Labute approximate surface area is 203 Å². The van der Waals surface area contributed by atoms with Crippen LogP contribution in [-0.2, 0) is 25.7 Å². The van der Waals surface area contributed by atoms with Crippen molar-refractivity contribution in [2.45, 2.75) is 46.5 Å². The summed E-state index contributed by atoms with van der Waals surface area (Å²) in [6.07, 6.45) is -1.24. The fourth-order valence-electron chi connectivity index (χ4n) is 3.61. The average Bonchev–Trinajstić information content (AvgIpc) is 2.99. The van der Waals surface area contributed by atoms with Gasteiger partial charge >= 0.3 is 6.03 Å². The molecule has 1 aliphatic rings. The van der Waals surface area contributed by atoms with E-state index in [2.05, 4.69) is 5.32 Å². The molecule has 2 unspecified atom stereocenters. The second kappa shape index (κ2) is 10.4. The Morgan fingerprint density at radius 3 is 2.35 bits per heavy atom. The van der Waals surface area contributed by atoms with E-state index >= 15 is 0 Å². The molecule has 180 valence electrons. The average molecular weight is 486 g/mol. The largest absolute Gasteiger partial charge is 0.350 e. The molecule has 0 aliphatic carbocycles. The van der Waals surface area contributed by atoms with Gasteiger partial charge in [-0.25, -0.2) is 9.69 Å². The molecule has 8 nitrogen and oxygen atoms in total. The van der Waals surface area contributed by atoms with Crippen LogP contribution in [0.15, 0.2) is 54.6 Å². The van der Waals surface area contributed by atoms with E-state index in [1.807, 2.05) is 30.3 Å². The van der Waals surface area contributed by atoms with Gasteiger partial charge in [-0.2, -0.15) is 0 Å². The summed E-state index contributed by atoms with van der Waals surface area (Å²) < 4.78 is 5.58. The summed E-state index contributed by atoms with van der Waals surface area (Å²) in [5.74, 6) is -2.14. The normalized spacial score (nSPS) is 17.1. The van der Waals surface area contributed by atoms with Gasteiger partial charge in [0.1, 0.15) is 0 Å². The highest BCUT2D eigenvalue weighted by Crippen LogP contribution is 2.29. The molecular formula is C25H28ClN3O5. The molecule has 2 aromatic carbocycles. The van der Waals surface area contributed by atoms with Crippen molar-refractivity contribution in [1.82, 2.24) is 9.80 Å². The van der Waals surface area contributed by atoms with E-state index in [4.69, 9.17) is 16.3 Å². The van der Waals surface area contributed by atoms with Gasteiger partial charge in [0.2, 0.25) is 6.23 Å². The van der Waals surface area contributed by atoms with Crippen LogP contribution in [0.2, 0.25) is 5.02 Å². The van der Waals surface area contributed by atoms with Gasteiger partial charge in [0, 0.05) is 22.7 Å². The zero-order chi connectivity index (χ0) is 25.0. The zero-order valence-corrected chi connectivity index (χ0v) is 20.3. The first-order valence-corrected chi connectivity index (χ1v) is 11.3. The number of benzene rings is 2. The highest BCUT2D eigenvalue weighted by Gasteiger charge is 2.54. The molecular weight excluding hydrogens is 458 g/mol. The molecule has 1 aliphatic heterocycles. The highest BCUT2D eigenvalue weighted by molar-refractivity contribution is 6.31. The van der Waals surface area contributed by atoms with E-state index in [0.717, 1.165) is 10.5 Å². The molecule has 0 aromatic heterocycles. The van der Waals surface area contributed by atoms with Gasteiger partial charge in [0.05, 0.1) is 6.54 Å². The predicted molar refractivity (Wildman–Crippen MR) is 128 cm³/mol. The zero-order valence-electron chi connectivity index (χ0n) is 19.6. The fraction of sp³-hybridized carbons (Fsp3) is 0.360. The van der Waals surface area contributed by atoms with Crippen molar-refractivity contribution in [2.75, 3.05) is 11.9 Å². The van der Waals surface area contributed by atoms with Crippen LogP contribution in [0.25, 0.3) is 0 Å². The predicted octanol–water partition coefficient (Wildman–Crippen LogP) is 4.09. The van der Waals surface area contributed by atoms with Crippen LogP contribution in [0.3, 0.4) is 0 Å². The Hall–Kier alpha value is -3.23. The molecule has 34 heavy (non-hydrogen) atoms. The number of rotatable bonds is 8. The maximum absolute atomic E-state index is 13.5. The van der Waals surface area contributed by atoms with Crippen LogP contribution < -0.4 is 5.32 Å². The molecule has 9 heteroatoms. The number of Topliss-reactive ketones (excluding diaryl/α,β-unsaturated/α-hetero) is 1. The van der Waals surface area contributed by atoms with Crippen LogP contribution >= 0.6 is 11.6 Å². The molecule has 0 spiro atoms. The standard InChI is InChI=1S/C25H28ClN3O5/c1-5-34-23-22(32)29(24(33)28(23)15-16-10-7-6-8-11-16)19(20(30)25(2,3)4)21(31)27-18-13-9-12-17(26)14-18/h6-14,19,23H,5,15H2,1-4H3,(H,27,31). The van der Waals surface area contributed by atoms with E-state index in [9.17, 15) is 19.2 Å². The third-order valence-electron chi connectivity index (χ3n) is 5.29. The molecule has 1 saturated heterocycles. The number of carbonyl (C=O) groups is 4. The SMILES string of the molecule is CCOC1C(=O)N(C(C(=O)Nc2cccc(Cl)c2)C(=O)C(C)(C)C)C(=O)N1Cc1ccccc1. The van der Waals surface area contributed by atoms with Gasteiger partial charge in [0.15, 0.2) is 11.8 Å². The lowest BCUT2D eigenvalue weighted by atomic mass is 9.85. The summed E-state index contributed by atoms with van der Waals surface area (Å²) in [5, 5.41) is 3.00. The summed E-state index contributed by atoms with van der Waals surface area (Å²) in [6, 6.07) is 13.0.